The lowest BCUT2D eigenvalue weighted by atomic mass is 9.93. The van der Waals surface area contributed by atoms with Gasteiger partial charge in [-0.15, -0.1) is 0 Å². The van der Waals surface area contributed by atoms with E-state index < -0.39 is 22.0 Å². The minimum absolute atomic E-state index is 0.0724. The third kappa shape index (κ3) is 3.71. The number of sulfonamides is 1. The molecule has 24 heavy (non-hydrogen) atoms. The summed E-state index contributed by atoms with van der Waals surface area (Å²) >= 11 is 6.03. The zero-order chi connectivity index (χ0) is 18.1. The molecule has 1 aliphatic heterocycles. The first-order chi connectivity index (χ1) is 11.1. The highest BCUT2D eigenvalue weighted by Gasteiger charge is 2.41. The van der Waals surface area contributed by atoms with Crippen molar-refractivity contribution in [1.29, 1.82) is 0 Å². The van der Waals surface area contributed by atoms with E-state index in [4.69, 9.17) is 11.6 Å². The number of carbonyl (C=O) groups excluding carboxylic acids is 1. The van der Waals surface area contributed by atoms with Crippen LogP contribution in [0.2, 0.25) is 5.02 Å². The highest BCUT2D eigenvalue weighted by atomic mass is 35.5. The van der Waals surface area contributed by atoms with Gasteiger partial charge >= 0.3 is 5.97 Å². The number of nitrogens with one attached hydrogen (secondary N) is 1. The van der Waals surface area contributed by atoms with Crippen LogP contribution < -0.4 is 5.32 Å². The Morgan fingerprint density at radius 3 is 2.58 bits per heavy atom. The van der Waals surface area contributed by atoms with E-state index >= 15 is 0 Å². The van der Waals surface area contributed by atoms with E-state index in [1.807, 2.05) is 0 Å². The van der Waals surface area contributed by atoms with Crippen molar-refractivity contribution in [2.24, 2.45) is 5.92 Å². The summed E-state index contributed by atoms with van der Waals surface area (Å²) in [7, 11) is -4.00. The molecule has 0 saturated carbocycles. The predicted molar refractivity (Wildman–Crippen MR) is 89.5 cm³/mol. The number of amides is 1. The monoisotopic (exact) mass is 374 g/mol. The van der Waals surface area contributed by atoms with Crippen LogP contribution in [0, 0.1) is 5.92 Å². The lowest BCUT2D eigenvalue weighted by Gasteiger charge is -2.36. The third-order valence-corrected chi connectivity index (χ3v) is 6.19. The van der Waals surface area contributed by atoms with Gasteiger partial charge in [0.2, 0.25) is 15.9 Å². The molecule has 1 saturated heterocycles. The van der Waals surface area contributed by atoms with E-state index in [1.165, 1.54) is 25.1 Å². The smallest absolute Gasteiger partial charge is 0.322 e. The van der Waals surface area contributed by atoms with Crippen LogP contribution in [0.15, 0.2) is 23.1 Å². The van der Waals surface area contributed by atoms with Gasteiger partial charge in [-0.2, -0.15) is 4.31 Å². The molecule has 2 N–H and O–H groups in total. The molecule has 0 bridgehead atoms. The Morgan fingerprint density at radius 2 is 2.04 bits per heavy atom. The molecule has 1 fully saturated rings. The highest BCUT2D eigenvalue weighted by molar-refractivity contribution is 7.89. The summed E-state index contributed by atoms with van der Waals surface area (Å²) < 4.78 is 26.7. The fraction of sp³-hybridized carbons (Fsp3) is 0.467. The molecule has 7 nitrogen and oxygen atoms in total. The first-order valence-electron chi connectivity index (χ1n) is 7.46. The van der Waals surface area contributed by atoms with Crippen LogP contribution in [0.1, 0.15) is 26.7 Å². The number of anilines is 1. The van der Waals surface area contributed by atoms with Crippen LogP contribution in [-0.2, 0) is 19.6 Å². The fourth-order valence-electron chi connectivity index (χ4n) is 2.87. The Labute approximate surface area is 145 Å². The highest BCUT2D eigenvalue weighted by Crippen LogP contribution is 2.32. The van der Waals surface area contributed by atoms with Crippen LogP contribution in [0.25, 0.3) is 0 Å². The van der Waals surface area contributed by atoms with Crippen LogP contribution in [0.3, 0.4) is 0 Å². The first kappa shape index (κ1) is 18.7. The van der Waals surface area contributed by atoms with Crippen LogP contribution in [0.4, 0.5) is 5.69 Å². The van der Waals surface area contributed by atoms with Crippen LogP contribution in [0.5, 0.6) is 0 Å². The average Bonchev–Trinajstić information content (AvgIpc) is 2.48. The Bertz CT molecular complexity index is 765. The maximum atomic E-state index is 12.8. The Kier molecular flexibility index (Phi) is 5.52. The number of rotatable bonds is 4. The molecule has 1 amide bonds. The average molecular weight is 375 g/mol. The molecule has 0 aliphatic carbocycles. The number of carboxylic acids is 1. The Hall–Kier alpha value is -1.64. The Balaban J connectivity index is 2.40. The number of hydrogen-bond donors (Lipinski definition) is 2. The molecule has 9 heteroatoms. The molecule has 0 radical (unpaired) electrons. The number of benzene rings is 1. The number of halogens is 1. The summed E-state index contributed by atoms with van der Waals surface area (Å²) in [4.78, 5) is 22.5. The zero-order valence-electron chi connectivity index (χ0n) is 13.3. The molecule has 0 aromatic heterocycles. The van der Waals surface area contributed by atoms with Crippen molar-refractivity contribution >= 4 is 39.2 Å². The zero-order valence-corrected chi connectivity index (χ0v) is 14.9. The van der Waals surface area contributed by atoms with Crippen LogP contribution in [-0.4, -0.2) is 42.3 Å². The van der Waals surface area contributed by atoms with Gasteiger partial charge in [0, 0.05) is 13.5 Å². The van der Waals surface area contributed by atoms with Crippen molar-refractivity contribution in [1.82, 2.24) is 4.31 Å². The standard InChI is InChI=1S/C15H19ClN2O5S/c1-9-4-3-7-18(14(9)15(20)21)24(22,23)11-5-6-13(12(16)8-11)17-10(2)19/h5-6,8-9,14H,3-4,7H2,1-2H3,(H,17,19)(H,20,21). The largest absolute Gasteiger partial charge is 0.480 e. The van der Waals surface area contributed by atoms with E-state index in [-0.39, 0.29) is 28.3 Å². The normalized spacial score (nSPS) is 22.1. The van der Waals surface area contributed by atoms with E-state index in [1.54, 1.807) is 6.92 Å². The molecule has 1 aromatic carbocycles. The molecule has 2 unspecified atom stereocenters. The summed E-state index contributed by atoms with van der Waals surface area (Å²) in [6, 6.07) is 2.82. The van der Waals surface area contributed by atoms with E-state index in [0.717, 1.165) is 4.31 Å². The second-order valence-corrected chi connectivity index (χ2v) is 8.14. The van der Waals surface area contributed by atoms with Crippen molar-refractivity contribution in [3.63, 3.8) is 0 Å². The van der Waals surface area contributed by atoms with Crippen molar-refractivity contribution < 1.29 is 23.1 Å². The maximum absolute atomic E-state index is 12.8. The predicted octanol–water partition coefficient (Wildman–Crippen LogP) is 2.17. The fourth-order valence-corrected chi connectivity index (χ4v) is 4.91. The minimum atomic E-state index is -4.00. The second kappa shape index (κ2) is 7.08. The lowest BCUT2D eigenvalue weighted by Crippen LogP contribution is -2.51. The number of carboxylic acid groups (broad SMARTS) is 1. The van der Waals surface area contributed by atoms with Gasteiger partial charge in [-0.25, -0.2) is 8.42 Å². The molecule has 2 atom stereocenters. The van der Waals surface area contributed by atoms with Crippen molar-refractivity contribution in [3.8, 4) is 0 Å². The molecule has 1 heterocycles. The molecule has 132 valence electrons. The summed E-state index contributed by atoms with van der Waals surface area (Å²) in [5.74, 6) is -1.77. The van der Waals surface area contributed by atoms with Crippen molar-refractivity contribution in [2.45, 2.75) is 37.6 Å². The van der Waals surface area contributed by atoms with Gasteiger partial charge in [-0.1, -0.05) is 18.5 Å². The topological polar surface area (TPSA) is 104 Å². The van der Waals surface area contributed by atoms with E-state index in [0.29, 0.717) is 18.5 Å². The number of piperidine rings is 1. The number of nitrogens with zero attached hydrogens (tertiary/aromatic N) is 1. The summed E-state index contributed by atoms with van der Waals surface area (Å²) in [5, 5.41) is 12.0. The third-order valence-electron chi connectivity index (χ3n) is 4.00. The summed E-state index contributed by atoms with van der Waals surface area (Å²) in [6.45, 7) is 3.19. The van der Waals surface area contributed by atoms with Crippen molar-refractivity contribution in [3.05, 3.63) is 23.2 Å². The SMILES string of the molecule is CC(=O)Nc1ccc(S(=O)(=O)N2CCCC(C)C2C(=O)O)cc1Cl. The molecule has 2 rings (SSSR count). The maximum Gasteiger partial charge on any atom is 0.322 e. The lowest BCUT2D eigenvalue weighted by molar-refractivity contribution is -0.144. The number of carbonyl (C=O) groups is 2. The van der Waals surface area contributed by atoms with Gasteiger partial charge in [0.1, 0.15) is 6.04 Å². The quantitative estimate of drug-likeness (QED) is 0.840. The van der Waals surface area contributed by atoms with Crippen molar-refractivity contribution in [2.75, 3.05) is 11.9 Å². The van der Waals surface area contributed by atoms with Crippen LogP contribution >= 0.6 is 11.6 Å². The van der Waals surface area contributed by atoms with Gasteiger partial charge < -0.3 is 10.4 Å². The van der Waals surface area contributed by atoms with Gasteiger partial charge in [0.25, 0.3) is 0 Å². The number of aliphatic carboxylic acids is 1. The van der Waals surface area contributed by atoms with Gasteiger partial charge in [-0.05, 0) is 37.0 Å². The summed E-state index contributed by atoms with van der Waals surface area (Å²) in [5.41, 5.74) is 0.296. The van der Waals surface area contributed by atoms with Gasteiger partial charge in [0.05, 0.1) is 15.6 Å². The molecular formula is C15H19ClN2O5S. The Morgan fingerprint density at radius 1 is 1.38 bits per heavy atom. The van der Waals surface area contributed by atoms with Gasteiger partial charge in [-0.3, -0.25) is 9.59 Å². The first-order valence-corrected chi connectivity index (χ1v) is 9.28. The molecule has 1 aliphatic rings. The van der Waals surface area contributed by atoms with E-state index in [2.05, 4.69) is 5.32 Å². The molecular weight excluding hydrogens is 356 g/mol. The van der Waals surface area contributed by atoms with E-state index in [9.17, 15) is 23.1 Å². The second-order valence-electron chi connectivity index (χ2n) is 5.84. The van der Waals surface area contributed by atoms with Gasteiger partial charge in [0.15, 0.2) is 0 Å². The number of hydrogen-bond acceptors (Lipinski definition) is 4. The summed E-state index contributed by atoms with van der Waals surface area (Å²) in [6.07, 6.45) is 1.26. The minimum Gasteiger partial charge on any atom is -0.480 e. The molecule has 0 spiro atoms. The molecule has 1 aromatic rings.